The molecule has 8 unspecified atom stereocenters. The molecule has 440 valence electrons. The topological polar surface area (TPSA) is 258 Å². The Morgan fingerprint density at radius 2 is 0.725 bits per heavy atom. The highest BCUT2D eigenvalue weighted by atomic mass is 31.2. The van der Waals surface area contributed by atoms with Gasteiger partial charge in [-0.1, -0.05) is 118 Å². The molecule has 0 aliphatic rings. The van der Waals surface area contributed by atoms with Crippen LogP contribution in [0, 0.1) is 21.7 Å². The molecule has 0 aromatic carbocycles. The van der Waals surface area contributed by atoms with Crippen molar-refractivity contribution in [3.8, 4) is 0 Å². The van der Waals surface area contributed by atoms with Crippen molar-refractivity contribution in [2.75, 3.05) is 81.0 Å². The third kappa shape index (κ3) is 85.2. The molecule has 16 nitrogen and oxygen atoms in total. The lowest BCUT2D eigenvalue weighted by atomic mass is 9.91. The molecule has 0 aliphatic carbocycles. The quantitative estimate of drug-likeness (QED) is 0.0781. The Bertz CT molecular complexity index is 1140. The summed E-state index contributed by atoms with van der Waals surface area (Å²) in [5.41, 5.74) is -0.400. The van der Waals surface area contributed by atoms with E-state index in [0.717, 1.165) is 45.9 Å². The summed E-state index contributed by atoms with van der Waals surface area (Å²) in [5.74, 6) is 0. The van der Waals surface area contributed by atoms with Gasteiger partial charge in [-0.25, -0.2) is 4.67 Å². The van der Waals surface area contributed by atoms with Crippen LogP contribution in [0.4, 0.5) is 13.1 Å². The van der Waals surface area contributed by atoms with E-state index in [2.05, 4.69) is 64.4 Å². The molecule has 8 atom stereocenters. The van der Waals surface area contributed by atoms with Crippen LogP contribution in [0.2, 0.25) is 0 Å². The van der Waals surface area contributed by atoms with Crippen molar-refractivity contribution in [3.05, 3.63) is 0 Å². The second kappa shape index (κ2) is 50.3. The van der Waals surface area contributed by atoms with Gasteiger partial charge in [0.2, 0.25) is 0 Å². The fourth-order valence-electron chi connectivity index (χ4n) is 3.12. The minimum absolute atomic E-state index is 0. The van der Waals surface area contributed by atoms with Gasteiger partial charge in [-0.05, 0) is 123 Å². The van der Waals surface area contributed by atoms with Crippen LogP contribution < -0.4 is 20.7 Å². The van der Waals surface area contributed by atoms with Crippen LogP contribution in [0.15, 0.2) is 0 Å². The number of hydrogen-bond donors (Lipinski definition) is 4. The lowest BCUT2D eigenvalue weighted by molar-refractivity contribution is -0.0000385. The van der Waals surface area contributed by atoms with E-state index in [9.17, 15) is 26.7 Å². The molecule has 0 amide bonds. The highest BCUT2D eigenvalue weighted by Gasteiger charge is 2.31. The summed E-state index contributed by atoms with van der Waals surface area (Å²) >= 11 is 0. The Morgan fingerprint density at radius 1 is 0.522 bits per heavy atom. The van der Waals surface area contributed by atoms with E-state index >= 15 is 0 Å². The zero-order valence-corrected chi connectivity index (χ0v) is 52.0. The molecule has 0 aliphatic heterocycles. The zero-order chi connectivity index (χ0) is 52.5. The van der Waals surface area contributed by atoms with E-state index in [1.54, 1.807) is 27.4 Å². The van der Waals surface area contributed by atoms with Crippen molar-refractivity contribution in [2.45, 2.75) is 196 Å². The molecule has 0 spiro atoms. The summed E-state index contributed by atoms with van der Waals surface area (Å²) in [6.07, 6.45) is 3.81. The second-order valence-electron chi connectivity index (χ2n) is 20.2. The summed E-state index contributed by atoms with van der Waals surface area (Å²) in [7, 11) is -5.83. The van der Waals surface area contributed by atoms with E-state index in [4.69, 9.17) is 23.0 Å². The molecule has 24 heteroatoms. The van der Waals surface area contributed by atoms with E-state index in [-0.39, 0.29) is 79.3 Å². The number of hydrogen-bond acceptors (Lipinski definition) is 12. The van der Waals surface area contributed by atoms with Gasteiger partial charge in [0.05, 0.1) is 24.4 Å². The lowest BCUT2D eigenvalue weighted by Crippen LogP contribution is -3.00. The minimum atomic E-state index is -3.82. The maximum absolute atomic E-state index is 12.5. The molecule has 0 saturated carbocycles. The predicted octanol–water partition coefficient (Wildman–Crippen LogP) is 10.1. The van der Waals surface area contributed by atoms with Gasteiger partial charge in [0.1, 0.15) is 0 Å². The second-order valence-corrected chi connectivity index (χ2v) is 28.0. The Kier molecular flexibility index (Phi) is 74.3. The first kappa shape index (κ1) is 102. The monoisotopic (exact) mass is 1110 g/mol. The maximum atomic E-state index is 12.5. The van der Waals surface area contributed by atoms with Crippen molar-refractivity contribution < 1.29 is 75.5 Å². The fraction of sp³-hybridized carbons (Fsp3) is 1.00. The van der Waals surface area contributed by atoms with Crippen molar-refractivity contribution in [1.82, 2.24) is 20.6 Å². The van der Waals surface area contributed by atoms with Crippen LogP contribution in [0.3, 0.4) is 0 Å². The van der Waals surface area contributed by atoms with Crippen LogP contribution in [-0.4, -0.2) is 131 Å². The highest BCUT2D eigenvalue weighted by molar-refractivity contribution is 7.55. The first-order chi connectivity index (χ1) is 27.7. The molecular weight excluding hydrogens is 988 g/mol. The molecule has 0 rings (SSSR count). The largest absolute Gasteiger partial charge is 1.00 e. The first-order valence-electron chi connectivity index (χ1n) is 22.5. The molecule has 0 aromatic heterocycles. The van der Waals surface area contributed by atoms with Crippen LogP contribution in [-0.2, 0) is 36.4 Å². The highest BCUT2D eigenvalue weighted by Crippen LogP contribution is 2.50. The Hall–Kier alpha value is 0.160. The first-order valence-corrected chi connectivity index (χ1v) is 30.5. The van der Waals surface area contributed by atoms with E-state index < -0.39 is 30.5 Å². The summed E-state index contributed by atoms with van der Waals surface area (Å²) in [4.78, 5) is 8.88. The summed E-state index contributed by atoms with van der Waals surface area (Å²) < 4.78 is 91.1. The van der Waals surface area contributed by atoms with Crippen molar-refractivity contribution in [2.24, 2.45) is 21.7 Å². The standard InChI is InChI=1S/C11H26NO2P.2C7H16FO2P.C7H17O3P.3C4H11N.CH4.2FH.3H2O/c1-8-9-12(6)15(7,13)14-10(2)11(3,4)5;3*1-6(7(2,3)4)10-11(5,8)9;3*1-3-4-5-2;;;;;;/h10H,8-9H2,1-7H3;2*6H,1-5H3;6H,1-5H3,(H,8,9);3*5H,3-4H2,1-2H3;1H4;2*1H;3*1H2/p-2. The van der Waals surface area contributed by atoms with Crippen LogP contribution in [0.1, 0.15) is 172 Å². The molecule has 0 fully saturated rings. The predicted molar refractivity (Wildman–Crippen MR) is 293 cm³/mol. The van der Waals surface area contributed by atoms with Gasteiger partial charge >= 0.3 is 23.0 Å². The normalized spacial score (nSPS) is 15.9. The SMILES string of the molecule is C.CC(OP(C)(=O)F)C(C)(C)C.CC(OP(C)(=O)F)C(C)(C)C.CC(OP(C)(=O)O)C(C)(C)C.CCCN(C)P(C)(=O)OC(C)C(C)(C)C.CCCNC.CCCNC.CCCNC.F.O.O.[F-].[OH-]. The zero-order valence-electron chi connectivity index (χ0n) is 48.4. The van der Waals surface area contributed by atoms with E-state index in [1.807, 2.05) is 102 Å². The average molecular weight is 1110 g/mol. The number of nitrogens with zero attached hydrogens (tertiary/aromatic N) is 1. The van der Waals surface area contributed by atoms with Gasteiger partial charge in [-0.15, -0.1) is 0 Å². The number of halogens is 4. The molecule has 0 radical (unpaired) electrons. The van der Waals surface area contributed by atoms with Crippen molar-refractivity contribution >= 4 is 30.5 Å². The lowest BCUT2D eigenvalue weighted by Gasteiger charge is -2.33. The minimum Gasteiger partial charge on any atom is -1.00 e. The number of nitrogens with one attached hydrogen (secondary N) is 3. The molecule has 0 aromatic rings. The summed E-state index contributed by atoms with van der Waals surface area (Å²) in [6, 6.07) is 0. The summed E-state index contributed by atoms with van der Waals surface area (Å²) in [5, 5.41) is 9.05. The van der Waals surface area contributed by atoms with Gasteiger partial charge in [-0.3, -0.25) is 23.0 Å². The molecule has 0 heterocycles. The van der Waals surface area contributed by atoms with Gasteiger partial charge in [0, 0.05) is 33.2 Å². The van der Waals surface area contributed by atoms with E-state index in [0.29, 0.717) is 0 Å². The Morgan fingerprint density at radius 3 is 0.826 bits per heavy atom. The Balaban J connectivity index is -0.0000000491. The molecule has 69 heavy (non-hydrogen) atoms. The third-order valence-corrected chi connectivity index (χ3v) is 13.2. The van der Waals surface area contributed by atoms with Crippen molar-refractivity contribution in [1.29, 1.82) is 0 Å². The van der Waals surface area contributed by atoms with Crippen LogP contribution in [0.25, 0.3) is 0 Å². The number of rotatable bonds is 17. The summed E-state index contributed by atoms with van der Waals surface area (Å²) in [6.45, 7) is 48.5. The third-order valence-electron chi connectivity index (χ3n) is 8.95. The van der Waals surface area contributed by atoms with Crippen molar-refractivity contribution in [3.63, 3.8) is 0 Å². The molecular formula is C45H118F4N4O12P4-2. The smallest absolute Gasteiger partial charge is 0.364 e. The average Bonchev–Trinajstić information content (AvgIpc) is 3.04. The molecule has 0 saturated heterocycles. The molecule has 0 bridgehead atoms. The Labute approximate surface area is 424 Å². The fourth-order valence-corrected chi connectivity index (χ4v) is 7.41. The van der Waals surface area contributed by atoms with Gasteiger partial charge in [0.15, 0.2) is 0 Å². The van der Waals surface area contributed by atoms with Crippen LogP contribution in [0.5, 0.6) is 0 Å². The van der Waals surface area contributed by atoms with Crippen LogP contribution >= 0.6 is 30.5 Å². The van der Waals surface area contributed by atoms with Gasteiger partial charge in [0.25, 0.3) is 7.52 Å². The maximum Gasteiger partial charge on any atom is 0.364 e. The van der Waals surface area contributed by atoms with Gasteiger partial charge < -0.3 is 60.1 Å². The van der Waals surface area contributed by atoms with Gasteiger partial charge in [-0.2, -0.15) is 8.39 Å². The van der Waals surface area contributed by atoms with E-state index in [1.165, 1.54) is 25.9 Å². The molecule has 9 N–H and O–H groups in total.